The first-order chi connectivity index (χ1) is 11.4. The summed E-state index contributed by atoms with van der Waals surface area (Å²) in [7, 11) is 1.88. The summed E-state index contributed by atoms with van der Waals surface area (Å²) in [6.07, 6.45) is 1.81. The Kier molecular flexibility index (Phi) is 4.40. The summed E-state index contributed by atoms with van der Waals surface area (Å²) in [5, 5.41) is 5.24. The average Bonchev–Trinajstić information content (AvgIpc) is 2.94. The smallest absolute Gasteiger partial charge is 0.227 e. The molecule has 0 spiro atoms. The Balaban J connectivity index is 1.77. The molecule has 130 valence electrons. The van der Waals surface area contributed by atoms with E-state index >= 15 is 0 Å². The maximum absolute atomic E-state index is 12.4. The van der Waals surface area contributed by atoms with Gasteiger partial charge in [-0.15, -0.1) is 0 Å². The van der Waals surface area contributed by atoms with E-state index in [1.165, 1.54) is 0 Å². The maximum atomic E-state index is 12.4. The van der Waals surface area contributed by atoms with Gasteiger partial charge in [0.25, 0.3) is 0 Å². The van der Waals surface area contributed by atoms with Crippen LogP contribution in [0.1, 0.15) is 19.7 Å². The van der Waals surface area contributed by atoms with Gasteiger partial charge in [0.05, 0.1) is 17.5 Å². The SMILES string of the molecule is Cc1nc(N2CCN(C(=O)C(C)C(C)N)CC2)c2cnn(C)c2n1. The third kappa shape index (κ3) is 2.93. The minimum Gasteiger partial charge on any atom is -0.352 e. The fourth-order valence-electron chi connectivity index (χ4n) is 3.01. The Morgan fingerprint density at radius 3 is 2.50 bits per heavy atom. The van der Waals surface area contributed by atoms with Gasteiger partial charge >= 0.3 is 0 Å². The van der Waals surface area contributed by atoms with Crippen LogP contribution in [0.2, 0.25) is 0 Å². The molecule has 1 fully saturated rings. The molecular weight excluding hydrogens is 306 g/mol. The third-order valence-corrected chi connectivity index (χ3v) is 4.75. The first kappa shape index (κ1) is 16.6. The van der Waals surface area contributed by atoms with E-state index in [1.54, 1.807) is 10.9 Å². The van der Waals surface area contributed by atoms with Crippen LogP contribution in [0.5, 0.6) is 0 Å². The van der Waals surface area contributed by atoms with E-state index in [2.05, 4.69) is 20.0 Å². The Labute approximate surface area is 141 Å². The molecule has 24 heavy (non-hydrogen) atoms. The molecule has 1 saturated heterocycles. The van der Waals surface area contributed by atoms with E-state index in [1.807, 2.05) is 32.7 Å². The predicted molar refractivity (Wildman–Crippen MR) is 92.6 cm³/mol. The van der Waals surface area contributed by atoms with Crippen molar-refractivity contribution in [3.8, 4) is 0 Å². The number of carbonyl (C=O) groups is 1. The highest BCUT2D eigenvalue weighted by Gasteiger charge is 2.28. The largest absolute Gasteiger partial charge is 0.352 e. The fourth-order valence-corrected chi connectivity index (χ4v) is 3.01. The van der Waals surface area contributed by atoms with Crippen molar-refractivity contribution in [3.05, 3.63) is 12.0 Å². The topological polar surface area (TPSA) is 93.2 Å². The molecule has 8 nitrogen and oxygen atoms in total. The number of nitrogens with zero attached hydrogens (tertiary/aromatic N) is 6. The Morgan fingerprint density at radius 2 is 1.88 bits per heavy atom. The highest BCUT2D eigenvalue weighted by Crippen LogP contribution is 2.24. The third-order valence-electron chi connectivity index (χ3n) is 4.75. The van der Waals surface area contributed by atoms with Crippen molar-refractivity contribution in [2.75, 3.05) is 31.1 Å². The van der Waals surface area contributed by atoms with Crippen molar-refractivity contribution in [1.29, 1.82) is 0 Å². The number of anilines is 1. The zero-order valence-electron chi connectivity index (χ0n) is 14.7. The minimum absolute atomic E-state index is 0.130. The molecule has 1 aliphatic heterocycles. The van der Waals surface area contributed by atoms with Crippen molar-refractivity contribution >= 4 is 22.8 Å². The summed E-state index contributed by atoms with van der Waals surface area (Å²) in [6.45, 7) is 8.52. The van der Waals surface area contributed by atoms with Gasteiger partial charge in [-0.2, -0.15) is 5.10 Å². The number of hydrogen-bond acceptors (Lipinski definition) is 6. The van der Waals surface area contributed by atoms with Crippen LogP contribution in [0.25, 0.3) is 11.0 Å². The molecular formula is C16H25N7O. The zero-order valence-corrected chi connectivity index (χ0v) is 14.7. The van der Waals surface area contributed by atoms with E-state index in [9.17, 15) is 4.79 Å². The van der Waals surface area contributed by atoms with Crippen LogP contribution in [0.3, 0.4) is 0 Å². The molecule has 2 atom stereocenters. The number of piperazine rings is 1. The zero-order chi connectivity index (χ0) is 17.4. The Bertz CT molecular complexity index is 746. The quantitative estimate of drug-likeness (QED) is 0.870. The van der Waals surface area contributed by atoms with Gasteiger partial charge in [-0.1, -0.05) is 6.92 Å². The number of aryl methyl sites for hydroxylation is 2. The number of hydrogen-bond donors (Lipinski definition) is 1. The number of rotatable bonds is 3. The Hall–Kier alpha value is -2.22. The second kappa shape index (κ2) is 6.35. The molecule has 1 aliphatic rings. The molecule has 2 N–H and O–H groups in total. The van der Waals surface area contributed by atoms with Gasteiger partial charge in [-0.05, 0) is 13.8 Å². The van der Waals surface area contributed by atoms with E-state index in [4.69, 9.17) is 5.73 Å². The molecule has 0 bridgehead atoms. The number of amides is 1. The lowest BCUT2D eigenvalue weighted by atomic mass is 10.0. The number of carbonyl (C=O) groups excluding carboxylic acids is 1. The van der Waals surface area contributed by atoms with Crippen molar-refractivity contribution in [3.63, 3.8) is 0 Å². The summed E-state index contributed by atoms with van der Waals surface area (Å²) in [5.41, 5.74) is 6.69. The van der Waals surface area contributed by atoms with E-state index in [-0.39, 0.29) is 17.9 Å². The minimum atomic E-state index is -0.150. The first-order valence-corrected chi connectivity index (χ1v) is 8.34. The van der Waals surface area contributed by atoms with Crippen molar-refractivity contribution < 1.29 is 4.79 Å². The standard InChI is InChI=1S/C16H25N7O/c1-10(11(2)17)16(24)23-7-5-22(6-8-23)15-13-9-18-21(4)14(13)19-12(3)20-15/h9-11H,5-8,17H2,1-4H3. The predicted octanol–water partition coefficient (Wildman–Crippen LogP) is 0.304. The van der Waals surface area contributed by atoms with E-state index in [0.29, 0.717) is 13.1 Å². The van der Waals surface area contributed by atoms with Crippen molar-refractivity contribution in [2.45, 2.75) is 26.8 Å². The molecule has 2 aromatic heterocycles. The molecule has 2 unspecified atom stereocenters. The second-order valence-electron chi connectivity index (χ2n) is 6.56. The number of nitrogens with two attached hydrogens (primary N) is 1. The van der Waals surface area contributed by atoms with Crippen LogP contribution in [-0.2, 0) is 11.8 Å². The molecule has 8 heteroatoms. The van der Waals surface area contributed by atoms with Gasteiger partial charge in [0.1, 0.15) is 11.6 Å². The van der Waals surface area contributed by atoms with Crippen molar-refractivity contribution in [2.24, 2.45) is 18.7 Å². The van der Waals surface area contributed by atoms with Gasteiger partial charge in [0, 0.05) is 39.3 Å². The average molecular weight is 331 g/mol. The van der Waals surface area contributed by atoms with E-state index in [0.717, 1.165) is 35.8 Å². The number of fused-ring (bicyclic) bond motifs is 1. The van der Waals surface area contributed by atoms with Crippen LogP contribution in [-0.4, -0.2) is 62.8 Å². The van der Waals surface area contributed by atoms with Crippen LogP contribution < -0.4 is 10.6 Å². The molecule has 3 rings (SSSR count). The normalized spacial score (nSPS) is 18.0. The molecule has 3 heterocycles. The van der Waals surface area contributed by atoms with Crippen LogP contribution in [0, 0.1) is 12.8 Å². The lowest BCUT2D eigenvalue weighted by Gasteiger charge is -2.37. The second-order valence-corrected chi connectivity index (χ2v) is 6.56. The summed E-state index contributed by atoms with van der Waals surface area (Å²) < 4.78 is 1.76. The fraction of sp³-hybridized carbons (Fsp3) is 0.625. The first-order valence-electron chi connectivity index (χ1n) is 8.34. The van der Waals surface area contributed by atoms with Crippen LogP contribution in [0.15, 0.2) is 6.20 Å². The van der Waals surface area contributed by atoms with Gasteiger partial charge in [0.2, 0.25) is 5.91 Å². The molecule has 0 saturated carbocycles. The summed E-state index contributed by atoms with van der Waals surface area (Å²) in [4.78, 5) is 25.6. The molecule has 1 amide bonds. The highest BCUT2D eigenvalue weighted by molar-refractivity contribution is 5.87. The van der Waals surface area contributed by atoms with Gasteiger partial charge in [-0.3, -0.25) is 9.48 Å². The molecule has 2 aromatic rings. The lowest BCUT2D eigenvalue weighted by molar-refractivity contribution is -0.135. The summed E-state index contributed by atoms with van der Waals surface area (Å²) in [6, 6.07) is -0.130. The molecule has 0 aromatic carbocycles. The van der Waals surface area contributed by atoms with Crippen LogP contribution in [0.4, 0.5) is 5.82 Å². The van der Waals surface area contributed by atoms with E-state index < -0.39 is 0 Å². The Morgan fingerprint density at radius 1 is 1.21 bits per heavy atom. The summed E-state index contributed by atoms with van der Waals surface area (Å²) >= 11 is 0. The maximum Gasteiger partial charge on any atom is 0.227 e. The lowest BCUT2D eigenvalue weighted by Crippen LogP contribution is -2.52. The van der Waals surface area contributed by atoms with Crippen molar-refractivity contribution in [1.82, 2.24) is 24.6 Å². The highest BCUT2D eigenvalue weighted by atomic mass is 16.2. The van der Waals surface area contributed by atoms with Gasteiger partial charge < -0.3 is 15.5 Å². The molecule has 0 aliphatic carbocycles. The monoisotopic (exact) mass is 331 g/mol. The van der Waals surface area contributed by atoms with Gasteiger partial charge in [0.15, 0.2) is 5.65 Å². The van der Waals surface area contributed by atoms with Gasteiger partial charge in [-0.25, -0.2) is 9.97 Å². The number of aromatic nitrogens is 4. The van der Waals surface area contributed by atoms with Crippen LogP contribution >= 0.6 is 0 Å². The summed E-state index contributed by atoms with van der Waals surface area (Å²) in [5.74, 6) is 1.61. The molecule has 0 radical (unpaired) electrons.